The van der Waals surface area contributed by atoms with Crippen molar-refractivity contribution in [3.8, 4) is 5.75 Å². The number of benzene rings is 1. The zero-order valence-electron chi connectivity index (χ0n) is 10.7. The number of halogens is 1. The molecule has 1 amide bonds. The Morgan fingerprint density at radius 3 is 2.95 bits per heavy atom. The van der Waals surface area contributed by atoms with Crippen molar-refractivity contribution in [2.45, 2.75) is 6.54 Å². The Bertz CT molecular complexity index is 569. The Morgan fingerprint density at radius 2 is 2.32 bits per heavy atom. The van der Waals surface area contributed by atoms with Gasteiger partial charge in [0.2, 0.25) is 0 Å². The molecule has 0 fully saturated rings. The number of carbonyl (C=O) groups is 1. The van der Waals surface area contributed by atoms with E-state index in [2.05, 4.69) is 26.1 Å². The van der Waals surface area contributed by atoms with E-state index in [-0.39, 0.29) is 5.91 Å². The zero-order valence-corrected chi connectivity index (χ0v) is 12.3. The second kappa shape index (κ2) is 5.88. The molecule has 19 heavy (non-hydrogen) atoms. The molecule has 1 N–H and O–H groups in total. The lowest BCUT2D eigenvalue weighted by Gasteiger charge is -2.17. The maximum atomic E-state index is 12.1. The normalized spacial score (nSPS) is 10.3. The fraction of sp³-hybridized carbons (Fsp3) is 0.231. The zero-order chi connectivity index (χ0) is 13.8. The van der Waals surface area contributed by atoms with E-state index < -0.39 is 0 Å². The average Bonchev–Trinajstić information content (AvgIpc) is 2.94. The van der Waals surface area contributed by atoms with Gasteiger partial charge in [-0.1, -0.05) is 15.9 Å². The maximum absolute atomic E-state index is 12.1. The number of aromatic nitrogens is 2. The number of ether oxygens (including phenoxy) is 1. The molecule has 0 unspecified atom stereocenters. The van der Waals surface area contributed by atoms with E-state index in [0.717, 1.165) is 15.8 Å². The number of carbonyl (C=O) groups excluding carboxylic acids is 1. The van der Waals surface area contributed by atoms with Gasteiger partial charge in [0.05, 0.1) is 18.9 Å². The molecule has 0 saturated heterocycles. The van der Waals surface area contributed by atoms with Crippen LogP contribution in [0.1, 0.15) is 15.9 Å². The van der Waals surface area contributed by atoms with Crippen LogP contribution in [0.25, 0.3) is 0 Å². The summed E-state index contributed by atoms with van der Waals surface area (Å²) in [7, 11) is 3.37. The van der Waals surface area contributed by atoms with Gasteiger partial charge in [0.15, 0.2) is 0 Å². The summed E-state index contributed by atoms with van der Waals surface area (Å²) in [5.41, 5.74) is 1.53. The van der Waals surface area contributed by atoms with Crippen LogP contribution in [0.15, 0.2) is 35.1 Å². The molecule has 1 aromatic carbocycles. The van der Waals surface area contributed by atoms with E-state index in [4.69, 9.17) is 4.74 Å². The molecule has 1 heterocycles. The van der Waals surface area contributed by atoms with Crippen molar-refractivity contribution >= 4 is 21.8 Å². The number of amides is 1. The molecular weight excluding hydrogens is 310 g/mol. The number of aromatic amines is 1. The molecule has 5 nitrogen and oxygen atoms in total. The summed E-state index contributed by atoms with van der Waals surface area (Å²) >= 11 is 3.47. The van der Waals surface area contributed by atoms with E-state index in [1.54, 1.807) is 25.3 Å². The fourth-order valence-corrected chi connectivity index (χ4v) is 2.09. The van der Waals surface area contributed by atoms with E-state index in [0.29, 0.717) is 12.1 Å². The SMILES string of the molecule is COc1ccc(Br)c(CN(C)C(=O)c2cn[nH]c2)c1. The molecule has 0 radical (unpaired) electrons. The Kier molecular flexibility index (Phi) is 4.21. The minimum atomic E-state index is -0.0801. The quantitative estimate of drug-likeness (QED) is 0.940. The standard InChI is InChI=1S/C13H14BrN3O2/c1-17(13(18)10-6-15-16-7-10)8-9-5-11(19-2)3-4-12(9)14/h3-7H,8H2,1-2H3,(H,15,16). The molecule has 100 valence electrons. The van der Waals surface area contributed by atoms with Gasteiger partial charge in [-0.25, -0.2) is 0 Å². The Balaban J connectivity index is 2.14. The first kappa shape index (κ1) is 13.6. The number of nitrogens with one attached hydrogen (secondary N) is 1. The highest BCUT2D eigenvalue weighted by Crippen LogP contribution is 2.23. The van der Waals surface area contributed by atoms with Crippen LogP contribution < -0.4 is 4.74 Å². The predicted molar refractivity (Wildman–Crippen MR) is 75.1 cm³/mol. The summed E-state index contributed by atoms with van der Waals surface area (Å²) in [5.74, 6) is 0.686. The van der Waals surface area contributed by atoms with Crippen molar-refractivity contribution in [1.29, 1.82) is 0 Å². The van der Waals surface area contributed by atoms with Crippen LogP contribution in [0.2, 0.25) is 0 Å². The number of hydrogen-bond acceptors (Lipinski definition) is 3. The lowest BCUT2D eigenvalue weighted by atomic mass is 10.2. The highest BCUT2D eigenvalue weighted by molar-refractivity contribution is 9.10. The summed E-state index contributed by atoms with van der Waals surface area (Å²) in [5, 5.41) is 6.41. The van der Waals surface area contributed by atoms with Gasteiger partial charge in [0.25, 0.3) is 5.91 Å². The largest absolute Gasteiger partial charge is 0.497 e. The Morgan fingerprint density at radius 1 is 1.53 bits per heavy atom. The lowest BCUT2D eigenvalue weighted by Crippen LogP contribution is -2.26. The van der Waals surface area contributed by atoms with Crippen molar-refractivity contribution in [3.63, 3.8) is 0 Å². The topological polar surface area (TPSA) is 58.2 Å². The minimum absolute atomic E-state index is 0.0801. The van der Waals surface area contributed by atoms with Gasteiger partial charge in [-0.3, -0.25) is 9.89 Å². The minimum Gasteiger partial charge on any atom is -0.497 e. The van der Waals surface area contributed by atoms with Gasteiger partial charge in [0.1, 0.15) is 5.75 Å². The van der Waals surface area contributed by atoms with Gasteiger partial charge in [-0.15, -0.1) is 0 Å². The molecular formula is C13H14BrN3O2. The fourth-order valence-electron chi connectivity index (χ4n) is 1.71. The second-order valence-electron chi connectivity index (χ2n) is 4.11. The Hall–Kier alpha value is -1.82. The molecule has 1 aromatic heterocycles. The van der Waals surface area contributed by atoms with E-state index in [1.807, 2.05) is 18.2 Å². The van der Waals surface area contributed by atoms with Gasteiger partial charge in [-0.2, -0.15) is 5.10 Å². The summed E-state index contributed by atoms with van der Waals surface area (Å²) in [6, 6.07) is 5.68. The molecule has 0 bridgehead atoms. The van der Waals surface area contributed by atoms with Crippen LogP contribution in [-0.2, 0) is 6.54 Å². The summed E-state index contributed by atoms with van der Waals surface area (Å²) < 4.78 is 6.13. The molecule has 6 heteroatoms. The molecule has 0 aliphatic carbocycles. The van der Waals surface area contributed by atoms with Crippen molar-refractivity contribution < 1.29 is 9.53 Å². The van der Waals surface area contributed by atoms with Gasteiger partial charge in [0, 0.05) is 24.3 Å². The molecule has 0 aliphatic heterocycles. The van der Waals surface area contributed by atoms with Crippen molar-refractivity contribution in [2.24, 2.45) is 0 Å². The van der Waals surface area contributed by atoms with Crippen LogP contribution in [0.3, 0.4) is 0 Å². The van der Waals surface area contributed by atoms with Crippen LogP contribution in [0, 0.1) is 0 Å². The van der Waals surface area contributed by atoms with Crippen molar-refractivity contribution in [3.05, 3.63) is 46.2 Å². The third-order valence-electron chi connectivity index (χ3n) is 2.75. The third kappa shape index (κ3) is 3.14. The number of methoxy groups -OCH3 is 1. The monoisotopic (exact) mass is 323 g/mol. The highest BCUT2D eigenvalue weighted by atomic mass is 79.9. The number of nitrogens with zero attached hydrogens (tertiary/aromatic N) is 2. The molecule has 2 rings (SSSR count). The highest BCUT2D eigenvalue weighted by Gasteiger charge is 2.14. The first-order chi connectivity index (χ1) is 9.11. The number of hydrogen-bond donors (Lipinski definition) is 1. The van der Waals surface area contributed by atoms with E-state index in [1.165, 1.54) is 6.20 Å². The molecule has 0 aliphatic rings. The van der Waals surface area contributed by atoms with Crippen LogP contribution in [0.5, 0.6) is 5.75 Å². The number of H-pyrrole nitrogens is 1. The lowest BCUT2D eigenvalue weighted by molar-refractivity contribution is 0.0785. The first-order valence-electron chi connectivity index (χ1n) is 5.68. The van der Waals surface area contributed by atoms with Crippen LogP contribution >= 0.6 is 15.9 Å². The van der Waals surface area contributed by atoms with Crippen LogP contribution in [0.4, 0.5) is 0 Å². The molecule has 2 aromatic rings. The summed E-state index contributed by atoms with van der Waals surface area (Å²) in [6.45, 7) is 0.488. The number of rotatable bonds is 4. The van der Waals surface area contributed by atoms with Crippen molar-refractivity contribution in [1.82, 2.24) is 15.1 Å². The third-order valence-corrected chi connectivity index (χ3v) is 3.53. The smallest absolute Gasteiger partial charge is 0.257 e. The van der Waals surface area contributed by atoms with E-state index in [9.17, 15) is 4.79 Å². The maximum Gasteiger partial charge on any atom is 0.257 e. The predicted octanol–water partition coefficient (Wildman–Crippen LogP) is 2.45. The van der Waals surface area contributed by atoms with Gasteiger partial charge < -0.3 is 9.64 Å². The second-order valence-corrected chi connectivity index (χ2v) is 4.96. The van der Waals surface area contributed by atoms with E-state index >= 15 is 0 Å². The molecule has 0 saturated carbocycles. The summed E-state index contributed by atoms with van der Waals surface area (Å²) in [4.78, 5) is 13.7. The Labute approximate surface area is 119 Å². The molecule has 0 atom stereocenters. The average molecular weight is 324 g/mol. The van der Waals surface area contributed by atoms with Crippen LogP contribution in [-0.4, -0.2) is 35.2 Å². The van der Waals surface area contributed by atoms with Crippen molar-refractivity contribution in [2.75, 3.05) is 14.2 Å². The van der Waals surface area contributed by atoms with Gasteiger partial charge >= 0.3 is 0 Å². The molecule has 0 spiro atoms. The van der Waals surface area contributed by atoms with Gasteiger partial charge in [-0.05, 0) is 23.8 Å². The summed E-state index contributed by atoms with van der Waals surface area (Å²) in [6.07, 6.45) is 3.10. The first-order valence-corrected chi connectivity index (χ1v) is 6.47.